The van der Waals surface area contributed by atoms with Crippen LogP contribution >= 0.6 is 11.8 Å². The van der Waals surface area contributed by atoms with E-state index >= 15 is 0 Å². The van der Waals surface area contributed by atoms with Gasteiger partial charge in [-0.25, -0.2) is 4.39 Å². The first-order valence-corrected chi connectivity index (χ1v) is 10.8. The molecule has 0 heterocycles. The Morgan fingerprint density at radius 1 is 1.12 bits per heavy atom. The third kappa shape index (κ3) is 3.32. The Morgan fingerprint density at radius 2 is 1.88 bits per heavy atom. The molecule has 2 aromatic rings. The molecule has 0 aliphatic heterocycles. The summed E-state index contributed by atoms with van der Waals surface area (Å²) in [5, 5.41) is 0. The summed E-state index contributed by atoms with van der Waals surface area (Å²) in [5.74, 6) is 1.31. The maximum absolute atomic E-state index is 14.3. The number of aryl methyl sites for hydroxylation is 2. The van der Waals surface area contributed by atoms with E-state index in [2.05, 4.69) is 24.3 Å². The molecule has 0 spiro atoms. The van der Waals surface area contributed by atoms with Crippen LogP contribution in [0, 0.1) is 18.7 Å². The van der Waals surface area contributed by atoms with Gasteiger partial charge in [0.15, 0.2) is 0 Å². The molecule has 1 atom stereocenters. The molecule has 2 N–H and O–H groups in total. The van der Waals surface area contributed by atoms with E-state index in [0.717, 1.165) is 36.1 Å². The van der Waals surface area contributed by atoms with Crippen LogP contribution in [0.3, 0.4) is 0 Å². The van der Waals surface area contributed by atoms with E-state index in [-0.39, 0.29) is 10.6 Å². The average Bonchev–Trinajstić information content (AvgIpc) is 3.03. The second-order valence-electron chi connectivity index (χ2n) is 8.04. The summed E-state index contributed by atoms with van der Waals surface area (Å²) in [6.45, 7) is 2.04. The molecule has 2 aliphatic rings. The van der Waals surface area contributed by atoms with E-state index in [1.807, 2.05) is 30.8 Å². The number of benzene rings is 2. The second kappa shape index (κ2) is 7.36. The van der Waals surface area contributed by atoms with Crippen LogP contribution in [0.5, 0.6) is 0 Å². The highest BCUT2D eigenvalue weighted by molar-refractivity contribution is 7.99. The maximum atomic E-state index is 14.3. The van der Waals surface area contributed by atoms with Gasteiger partial charge in [0.25, 0.3) is 0 Å². The molecule has 4 rings (SSSR count). The van der Waals surface area contributed by atoms with Crippen LogP contribution in [0.15, 0.2) is 42.5 Å². The first-order valence-electron chi connectivity index (χ1n) is 9.81. The second-order valence-corrected chi connectivity index (χ2v) is 9.35. The Labute approximate surface area is 160 Å². The van der Waals surface area contributed by atoms with Crippen molar-refractivity contribution >= 4 is 11.8 Å². The predicted octanol–water partition coefficient (Wildman–Crippen LogP) is 5.73. The Morgan fingerprint density at radius 3 is 2.69 bits per heavy atom. The van der Waals surface area contributed by atoms with Crippen molar-refractivity contribution in [3.05, 3.63) is 70.5 Å². The number of thioether (sulfide) groups is 1. The summed E-state index contributed by atoms with van der Waals surface area (Å²) in [4.78, 5) is 0. The number of nitrogens with two attached hydrogens (primary N) is 1. The van der Waals surface area contributed by atoms with Gasteiger partial charge in [0.05, 0.1) is 0 Å². The molecule has 1 saturated carbocycles. The summed E-state index contributed by atoms with van der Waals surface area (Å²) >= 11 is 1.98. The van der Waals surface area contributed by atoms with E-state index in [1.54, 1.807) is 6.07 Å². The molecular weight excluding hydrogens is 341 g/mol. The zero-order valence-corrected chi connectivity index (χ0v) is 16.3. The summed E-state index contributed by atoms with van der Waals surface area (Å²) in [6, 6.07) is 14.7. The number of fused-ring (bicyclic) bond motifs is 1. The van der Waals surface area contributed by atoms with Crippen LogP contribution in [-0.2, 0) is 16.9 Å². The molecule has 0 radical (unpaired) electrons. The van der Waals surface area contributed by atoms with Crippen molar-refractivity contribution < 1.29 is 4.39 Å². The topological polar surface area (TPSA) is 26.0 Å². The normalized spacial score (nSPS) is 28.1. The van der Waals surface area contributed by atoms with E-state index in [9.17, 15) is 4.39 Å². The SMILES string of the molecule is Cc1ccc(F)c(CSC2(C3CCC(N)CC3)CCc3ccccc32)c1. The van der Waals surface area contributed by atoms with Crippen molar-refractivity contribution in [3.8, 4) is 0 Å². The molecule has 2 aliphatic carbocycles. The first kappa shape index (κ1) is 18.1. The molecule has 26 heavy (non-hydrogen) atoms. The minimum Gasteiger partial charge on any atom is -0.328 e. The van der Waals surface area contributed by atoms with Gasteiger partial charge in [0.1, 0.15) is 5.82 Å². The van der Waals surface area contributed by atoms with E-state index in [0.29, 0.717) is 12.0 Å². The van der Waals surface area contributed by atoms with Gasteiger partial charge in [0.2, 0.25) is 0 Å². The fourth-order valence-electron chi connectivity index (χ4n) is 4.90. The molecule has 138 valence electrons. The lowest BCUT2D eigenvalue weighted by Gasteiger charge is -2.42. The molecule has 1 unspecified atom stereocenters. The van der Waals surface area contributed by atoms with Crippen LogP contribution in [0.25, 0.3) is 0 Å². The van der Waals surface area contributed by atoms with Gasteiger partial charge in [0, 0.05) is 16.5 Å². The largest absolute Gasteiger partial charge is 0.328 e. The molecule has 0 aromatic heterocycles. The third-order valence-electron chi connectivity index (χ3n) is 6.36. The molecular formula is C23H28FNS. The van der Waals surface area contributed by atoms with Crippen molar-refractivity contribution in [1.82, 2.24) is 0 Å². The molecule has 2 aromatic carbocycles. The lowest BCUT2D eigenvalue weighted by Crippen LogP contribution is -2.36. The zero-order chi connectivity index (χ0) is 18.1. The standard InChI is InChI=1S/C23H28FNS/c1-16-6-11-22(24)18(14-16)15-26-23(19-7-9-20(25)10-8-19)13-12-17-4-2-3-5-21(17)23/h2-6,11,14,19-20H,7-10,12-13,15,25H2,1H3. The van der Waals surface area contributed by atoms with Gasteiger partial charge in [-0.3, -0.25) is 0 Å². The maximum Gasteiger partial charge on any atom is 0.127 e. The minimum absolute atomic E-state index is 0.0739. The third-order valence-corrected chi connectivity index (χ3v) is 8.08. The van der Waals surface area contributed by atoms with Crippen LogP contribution < -0.4 is 5.73 Å². The van der Waals surface area contributed by atoms with Crippen LogP contribution in [0.4, 0.5) is 4.39 Å². The Balaban J connectivity index is 1.65. The Hall–Kier alpha value is -1.32. The molecule has 1 fully saturated rings. The van der Waals surface area contributed by atoms with Crippen molar-refractivity contribution in [2.24, 2.45) is 11.7 Å². The predicted molar refractivity (Wildman–Crippen MR) is 109 cm³/mol. The lowest BCUT2D eigenvalue weighted by molar-refractivity contribution is 0.259. The monoisotopic (exact) mass is 369 g/mol. The van der Waals surface area contributed by atoms with Crippen LogP contribution in [0.2, 0.25) is 0 Å². The first-order chi connectivity index (χ1) is 12.6. The van der Waals surface area contributed by atoms with Gasteiger partial charge >= 0.3 is 0 Å². The number of halogens is 1. The Bertz CT molecular complexity index is 782. The Kier molecular flexibility index (Phi) is 5.11. The molecule has 3 heteroatoms. The van der Waals surface area contributed by atoms with E-state index in [1.165, 1.54) is 30.4 Å². The molecule has 0 bridgehead atoms. The highest BCUT2D eigenvalue weighted by Gasteiger charge is 2.46. The minimum atomic E-state index is -0.0739. The highest BCUT2D eigenvalue weighted by atomic mass is 32.2. The zero-order valence-electron chi connectivity index (χ0n) is 15.5. The lowest BCUT2D eigenvalue weighted by atomic mass is 9.75. The van der Waals surface area contributed by atoms with Crippen LogP contribution in [-0.4, -0.2) is 6.04 Å². The average molecular weight is 370 g/mol. The van der Waals surface area contributed by atoms with Gasteiger partial charge in [-0.2, -0.15) is 0 Å². The smallest absolute Gasteiger partial charge is 0.127 e. The van der Waals surface area contributed by atoms with Crippen molar-refractivity contribution in [1.29, 1.82) is 0 Å². The fourth-order valence-corrected chi connectivity index (χ4v) is 6.61. The quantitative estimate of drug-likeness (QED) is 0.745. The van der Waals surface area contributed by atoms with E-state index in [4.69, 9.17) is 5.73 Å². The summed E-state index contributed by atoms with van der Waals surface area (Å²) in [7, 11) is 0. The summed E-state index contributed by atoms with van der Waals surface area (Å²) < 4.78 is 14.4. The molecule has 0 amide bonds. The summed E-state index contributed by atoms with van der Waals surface area (Å²) in [5.41, 5.74) is 11.1. The van der Waals surface area contributed by atoms with Crippen molar-refractivity contribution in [2.75, 3.05) is 0 Å². The number of hydrogen-bond acceptors (Lipinski definition) is 2. The molecule has 0 saturated heterocycles. The summed E-state index contributed by atoms with van der Waals surface area (Å²) in [6.07, 6.45) is 6.94. The highest BCUT2D eigenvalue weighted by Crippen LogP contribution is 2.56. The van der Waals surface area contributed by atoms with Gasteiger partial charge in [-0.1, -0.05) is 42.0 Å². The number of hydrogen-bond donors (Lipinski definition) is 1. The fraction of sp³-hybridized carbons (Fsp3) is 0.478. The van der Waals surface area contributed by atoms with Crippen molar-refractivity contribution in [2.45, 2.75) is 62.0 Å². The van der Waals surface area contributed by atoms with Gasteiger partial charge in [-0.05, 0) is 74.1 Å². The molecule has 1 nitrogen and oxygen atoms in total. The number of rotatable bonds is 4. The van der Waals surface area contributed by atoms with Crippen LogP contribution in [0.1, 0.15) is 54.4 Å². The van der Waals surface area contributed by atoms with Crippen molar-refractivity contribution in [3.63, 3.8) is 0 Å². The van der Waals surface area contributed by atoms with Gasteiger partial charge < -0.3 is 5.73 Å². The van der Waals surface area contributed by atoms with E-state index < -0.39 is 0 Å². The van der Waals surface area contributed by atoms with Gasteiger partial charge in [-0.15, -0.1) is 11.8 Å².